The van der Waals surface area contributed by atoms with E-state index < -0.39 is 12.1 Å². The predicted octanol–water partition coefficient (Wildman–Crippen LogP) is 0.690. The lowest BCUT2D eigenvalue weighted by Gasteiger charge is -2.32. The van der Waals surface area contributed by atoms with Crippen LogP contribution in [0.15, 0.2) is 34.4 Å². The van der Waals surface area contributed by atoms with Gasteiger partial charge < -0.3 is 0 Å². The van der Waals surface area contributed by atoms with Crippen molar-refractivity contribution in [1.82, 2.24) is 14.8 Å². The Bertz CT molecular complexity index is 904. The first-order valence-electron chi connectivity index (χ1n) is 8.20. The zero-order valence-corrected chi connectivity index (χ0v) is 14.7. The van der Waals surface area contributed by atoms with Gasteiger partial charge in [-0.15, -0.1) is 10.1 Å². The van der Waals surface area contributed by atoms with Gasteiger partial charge in [-0.05, 0) is 24.6 Å². The van der Waals surface area contributed by atoms with Gasteiger partial charge in [-0.1, -0.05) is 17.1 Å². The van der Waals surface area contributed by atoms with E-state index in [0.717, 1.165) is 16.2 Å². The Morgan fingerprint density at radius 2 is 1.88 bits per heavy atom. The van der Waals surface area contributed by atoms with Crippen molar-refractivity contribution in [2.24, 2.45) is 10.1 Å². The zero-order chi connectivity index (χ0) is 18.6. The molecule has 1 atom stereocenters. The number of imide groups is 1. The molecule has 0 N–H and O–H groups in total. The normalized spacial score (nSPS) is 22.5. The number of carbonyl (C=O) groups excluding carboxylic acids is 2. The summed E-state index contributed by atoms with van der Waals surface area (Å²) in [6.45, 7) is 2.71. The topological polar surface area (TPSA) is 71.6 Å². The Kier molecular flexibility index (Phi) is 3.60. The molecule has 0 bridgehead atoms. The molecule has 0 aromatic heterocycles. The summed E-state index contributed by atoms with van der Waals surface area (Å²) in [5, 5.41) is 6.21. The van der Waals surface area contributed by atoms with E-state index in [1.165, 1.54) is 24.1 Å². The molecule has 4 rings (SSSR count). The number of amidine groups is 1. The van der Waals surface area contributed by atoms with E-state index in [0.29, 0.717) is 24.9 Å². The molecule has 0 saturated carbocycles. The summed E-state index contributed by atoms with van der Waals surface area (Å²) in [7, 11) is 3.07. The molecule has 0 aliphatic carbocycles. The van der Waals surface area contributed by atoms with E-state index >= 15 is 0 Å². The van der Waals surface area contributed by atoms with Crippen molar-refractivity contribution in [2.75, 3.05) is 20.6 Å². The lowest BCUT2D eigenvalue weighted by molar-refractivity contribution is -0.528. The van der Waals surface area contributed by atoms with Gasteiger partial charge in [0.2, 0.25) is 11.9 Å². The van der Waals surface area contributed by atoms with Crippen LogP contribution in [-0.4, -0.2) is 75.5 Å². The Morgan fingerprint density at radius 1 is 1.19 bits per heavy atom. The fraction of sp³-hybridized carbons (Fsp3) is 0.353. The number of halogens is 1. The molecule has 1 unspecified atom stereocenters. The molecule has 8 nitrogen and oxygen atoms in total. The molecule has 3 amide bonds. The number of benzene rings is 1. The minimum atomic E-state index is -0.640. The molecular formula is C17H18FN6O2+. The average Bonchev–Trinajstić information content (AvgIpc) is 2.99. The summed E-state index contributed by atoms with van der Waals surface area (Å²) in [6.07, 6.45) is 0. The molecule has 134 valence electrons. The smallest absolute Gasteiger partial charge is 0.270 e. The third-order valence-electron chi connectivity index (χ3n) is 4.68. The van der Waals surface area contributed by atoms with Gasteiger partial charge in [0.15, 0.2) is 0 Å². The van der Waals surface area contributed by atoms with E-state index in [1.54, 1.807) is 24.2 Å². The maximum atomic E-state index is 13.1. The quantitative estimate of drug-likeness (QED) is 0.731. The number of fused-ring (bicyclic) bond motifs is 2. The lowest BCUT2D eigenvalue weighted by atomic mass is 10.1. The monoisotopic (exact) mass is 357 g/mol. The predicted molar refractivity (Wildman–Crippen MR) is 92.3 cm³/mol. The third-order valence-corrected chi connectivity index (χ3v) is 4.68. The van der Waals surface area contributed by atoms with Crippen LogP contribution in [0.3, 0.4) is 0 Å². The molecule has 1 fully saturated rings. The second kappa shape index (κ2) is 5.72. The van der Waals surface area contributed by atoms with Gasteiger partial charge in [0.05, 0.1) is 5.71 Å². The molecule has 0 radical (unpaired) electrons. The second-order valence-electron chi connectivity index (χ2n) is 6.56. The van der Waals surface area contributed by atoms with E-state index in [-0.39, 0.29) is 11.7 Å². The Balaban J connectivity index is 1.72. The maximum absolute atomic E-state index is 13.1. The van der Waals surface area contributed by atoms with Gasteiger partial charge in [0.25, 0.3) is 5.91 Å². The van der Waals surface area contributed by atoms with Gasteiger partial charge in [0.1, 0.15) is 18.9 Å². The number of aliphatic imine (C=N–C) groups is 1. The first-order valence-corrected chi connectivity index (χ1v) is 8.20. The van der Waals surface area contributed by atoms with E-state index in [2.05, 4.69) is 10.1 Å². The number of nitrogens with zero attached hydrogens (tertiary/aromatic N) is 6. The van der Waals surface area contributed by atoms with Crippen LogP contribution >= 0.6 is 0 Å². The van der Waals surface area contributed by atoms with Crippen LogP contribution in [0, 0.1) is 5.82 Å². The summed E-state index contributed by atoms with van der Waals surface area (Å²) in [6, 6.07) is 5.10. The SMILES string of the molecule is CC1=NN(Cc2ccc(F)cc2)C2=[N+](C1)C1C(=O)N(C)C(=O)N(C)C1=N2. The largest absolute Gasteiger partial charge is 0.417 e. The summed E-state index contributed by atoms with van der Waals surface area (Å²) in [4.78, 5) is 31.9. The van der Waals surface area contributed by atoms with Gasteiger partial charge >= 0.3 is 12.0 Å². The minimum absolute atomic E-state index is 0.303. The number of urea groups is 1. The number of rotatable bonds is 2. The van der Waals surface area contributed by atoms with Gasteiger partial charge in [-0.2, -0.15) is 0 Å². The highest BCUT2D eigenvalue weighted by atomic mass is 19.1. The highest BCUT2D eigenvalue weighted by molar-refractivity contribution is 6.23. The van der Waals surface area contributed by atoms with E-state index in [4.69, 9.17) is 0 Å². The van der Waals surface area contributed by atoms with Crippen molar-refractivity contribution in [3.63, 3.8) is 0 Å². The van der Waals surface area contributed by atoms with Crippen LogP contribution < -0.4 is 0 Å². The van der Waals surface area contributed by atoms with Crippen molar-refractivity contribution in [3.8, 4) is 0 Å². The Labute approximate surface area is 149 Å². The molecule has 1 aromatic rings. The molecular weight excluding hydrogens is 339 g/mol. The van der Waals surface area contributed by atoms with Crippen molar-refractivity contribution in [1.29, 1.82) is 0 Å². The molecule has 0 spiro atoms. The van der Waals surface area contributed by atoms with Crippen molar-refractivity contribution in [3.05, 3.63) is 35.6 Å². The summed E-state index contributed by atoms with van der Waals surface area (Å²) in [5.74, 6) is 0.311. The number of hydrogen-bond donors (Lipinski definition) is 0. The number of carbonyl (C=O) groups is 2. The maximum Gasteiger partial charge on any atom is 0.417 e. The molecule has 3 aliphatic rings. The second-order valence-corrected chi connectivity index (χ2v) is 6.56. The Hall–Kier alpha value is -3.10. The van der Waals surface area contributed by atoms with Crippen LogP contribution in [0.25, 0.3) is 0 Å². The first-order chi connectivity index (χ1) is 12.4. The molecule has 26 heavy (non-hydrogen) atoms. The Morgan fingerprint density at radius 3 is 2.58 bits per heavy atom. The van der Waals surface area contributed by atoms with Crippen molar-refractivity contribution < 1.29 is 18.6 Å². The van der Waals surface area contributed by atoms with Gasteiger partial charge in [-0.3, -0.25) is 14.6 Å². The van der Waals surface area contributed by atoms with E-state index in [9.17, 15) is 14.0 Å². The van der Waals surface area contributed by atoms with Crippen LogP contribution in [0.5, 0.6) is 0 Å². The molecule has 1 aromatic carbocycles. The summed E-state index contributed by atoms with van der Waals surface area (Å²) >= 11 is 0. The van der Waals surface area contributed by atoms with Crippen LogP contribution in [0.2, 0.25) is 0 Å². The van der Waals surface area contributed by atoms with Gasteiger partial charge in [-0.25, -0.2) is 13.8 Å². The molecule has 3 heterocycles. The average molecular weight is 357 g/mol. The fourth-order valence-corrected chi connectivity index (χ4v) is 3.35. The van der Waals surface area contributed by atoms with Crippen LogP contribution in [-0.2, 0) is 11.3 Å². The minimum Gasteiger partial charge on any atom is -0.270 e. The van der Waals surface area contributed by atoms with Gasteiger partial charge in [0, 0.05) is 14.1 Å². The number of amides is 3. The first kappa shape index (κ1) is 16.4. The molecule has 1 saturated heterocycles. The summed E-state index contributed by atoms with van der Waals surface area (Å²) in [5.41, 5.74) is 1.68. The highest BCUT2D eigenvalue weighted by Gasteiger charge is 2.53. The van der Waals surface area contributed by atoms with E-state index in [1.807, 2.05) is 11.5 Å². The standard InChI is InChI=1S/C17H18FN6O2/c1-10-8-23-13-14(21(2)17(26)22(3)15(13)25)19-16(23)24(20-10)9-11-4-6-12(18)7-5-11/h4-7,13H,8-9H2,1-3H3/q+1. The van der Waals surface area contributed by atoms with Crippen molar-refractivity contribution in [2.45, 2.75) is 19.5 Å². The van der Waals surface area contributed by atoms with Crippen LogP contribution in [0.1, 0.15) is 12.5 Å². The molecule has 9 heteroatoms. The third kappa shape index (κ3) is 2.39. The molecule has 3 aliphatic heterocycles. The fourth-order valence-electron chi connectivity index (χ4n) is 3.35. The summed E-state index contributed by atoms with van der Waals surface area (Å²) < 4.78 is 15.0. The number of guanidine groups is 1. The highest BCUT2D eigenvalue weighted by Crippen LogP contribution is 2.23. The number of hydrogen-bond acceptors (Lipinski definition) is 5. The number of hydrazone groups is 1. The zero-order valence-electron chi connectivity index (χ0n) is 14.7. The number of likely N-dealkylation sites (N-methyl/N-ethyl adjacent to an activating group) is 2. The van der Waals surface area contributed by atoms with Crippen LogP contribution in [0.4, 0.5) is 9.18 Å². The lowest BCUT2D eigenvalue weighted by Crippen LogP contribution is -2.62. The van der Waals surface area contributed by atoms with Crippen molar-refractivity contribution >= 4 is 29.4 Å².